The van der Waals surface area contributed by atoms with Gasteiger partial charge in [-0.15, -0.1) is 20.4 Å². The van der Waals surface area contributed by atoms with Gasteiger partial charge in [-0.2, -0.15) is 0 Å². The van der Waals surface area contributed by atoms with E-state index in [2.05, 4.69) is 40.2 Å². The minimum absolute atomic E-state index is 0.180. The first-order valence-corrected chi connectivity index (χ1v) is 23.1. The van der Waals surface area contributed by atoms with Crippen molar-refractivity contribution in [3.8, 4) is 23.2 Å². The summed E-state index contributed by atoms with van der Waals surface area (Å²) in [6.07, 6.45) is 9.11. The maximum atomic E-state index is 14.2. The number of oxazole rings is 2. The van der Waals surface area contributed by atoms with Crippen LogP contribution in [-0.4, -0.2) is 100 Å². The molecular weight excluding hydrogens is 841 g/mol. The zero-order chi connectivity index (χ0) is 43.2. The average molecular weight is 891 g/mol. The first-order chi connectivity index (χ1) is 29.9. The number of likely N-dealkylation sites (tertiary alicyclic amines) is 2. The van der Waals surface area contributed by atoms with Crippen LogP contribution in [0.2, 0.25) is 0 Å². The van der Waals surface area contributed by atoms with Crippen molar-refractivity contribution >= 4 is 23.5 Å². The van der Waals surface area contributed by atoms with Crippen LogP contribution in [0.3, 0.4) is 0 Å². The molecule has 6 heterocycles. The van der Waals surface area contributed by atoms with Crippen LogP contribution in [0.25, 0.3) is 23.2 Å². The summed E-state index contributed by atoms with van der Waals surface area (Å²) in [6, 6.07) is 8.00. The second kappa shape index (κ2) is 17.6. The van der Waals surface area contributed by atoms with Gasteiger partial charge in [0.05, 0.1) is 11.4 Å². The van der Waals surface area contributed by atoms with Gasteiger partial charge in [0, 0.05) is 50.8 Å². The van der Waals surface area contributed by atoms with Crippen molar-refractivity contribution in [2.45, 2.75) is 74.5 Å². The van der Waals surface area contributed by atoms with E-state index in [0.717, 1.165) is 123 Å². The summed E-state index contributed by atoms with van der Waals surface area (Å²) in [6.45, 7) is 9.89. The van der Waals surface area contributed by atoms with E-state index in [-0.39, 0.29) is 22.7 Å². The van der Waals surface area contributed by atoms with Gasteiger partial charge in [-0.1, -0.05) is 35.7 Å². The van der Waals surface area contributed by atoms with Crippen LogP contribution in [0, 0.1) is 47.9 Å². The molecular formula is C44H50F4N10O2S2. The Morgan fingerprint density at radius 1 is 0.645 bits per heavy atom. The van der Waals surface area contributed by atoms with E-state index in [1.165, 1.54) is 24.9 Å². The number of benzene rings is 2. The second-order valence-corrected chi connectivity index (χ2v) is 19.4. The van der Waals surface area contributed by atoms with Gasteiger partial charge in [0.15, 0.2) is 34.6 Å². The number of hydrogen-bond acceptors (Lipinski definition) is 12. The number of nitrogens with zero attached hydrogens (tertiary/aromatic N) is 10. The number of hydrogen-bond donors (Lipinski definition) is 0. The lowest BCUT2D eigenvalue weighted by molar-refractivity contribution is 0.319. The summed E-state index contributed by atoms with van der Waals surface area (Å²) in [5, 5.41) is 18.8. The molecule has 2 saturated heterocycles. The lowest BCUT2D eigenvalue weighted by Gasteiger charge is -2.16. The number of aryl methyl sites for hydroxylation is 2. The highest BCUT2D eigenvalue weighted by atomic mass is 32.2. The Morgan fingerprint density at radius 2 is 1.08 bits per heavy atom. The Kier molecular flexibility index (Phi) is 12.1. The standard InChI is InChI=1S/2C22H25F2N5OS/c2*1-14-19(30-13-25-14)20-26-27-21(28(20)2)31-9-3-7-29-8-6-22(12-29)11-17(22)16-5-4-15(23)10-18(16)24/h2*4-5,10,13,17H,3,6-9,11-12H2,1-2H3/t2*17-,22+/m10/s1. The highest BCUT2D eigenvalue weighted by Crippen LogP contribution is 2.65. The normalized spacial score (nSPS) is 23.2. The molecule has 0 radical (unpaired) electrons. The van der Waals surface area contributed by atoms with Gasteiger partial charge in [0.1, 0.15) is 23.3 Å². The molecule has 2 aliphatic carbocycles. The fraction of sp³-hybridized carbons (Fsp3) is 0.500. The third-order valence-electron chi connectivity index (χ3n) is 13.3. The Morgan fingerprint density at radius 3 is 1.47 bits per heavy atom. The van der Waals surface area contributed by atoms with Crippen LogP contribution in [0.4, 0.5) is 17.6 Å². The van der Waals surface area contributed by atoms with Crippen molar-refractivity contribution in [1.82, 2.24) is 49.3 Å². The molecule has 4 fully saturated rings. The Bertz CT molecular complexity index is 2370. The van der Waals surface area contributed by atoms with Crippen molar-refractivity contribution < 1.29 is 26.4 Å². The predicted molar refractivity (Wildman–Crippen MR) is 228 cm³/mol. The van der Waals surface area contributed by atoms with Crippen LogP contribution in [0.1, 0.15) is 72.9 Å². The summed E-state index contributed by atoms with van der Waals surface area (Å²) in [4.78, 5) is 13.2. The Balaban J connectivity index is 0.000000158. The fourth-order valence-electron chi connectivity index (χ4n) is 9.61. The lowest BCUT2D eigenvalue weighted by Crippen LogP contribution is -2.23. The molecule has 10 rings (SSSR count). The quantitative estimate of drug-likeness (QED) is 0.0591. The van der Waals surface area contributed by atoms with Crippen molar-refractivity contribution in [2.75, 3.05) is 50.8 Å². The van der Waals surface area contributed by atoms with Crippen molar-refractivity contribution in [3.05, 3.63) is 95.0 Å². The molecule has 18 heteroatoms. The summed E-state index contributed by atoms with van der Waals surface area (Å²) in [5.41, 5.74) is 3.32. The number of aromatic nitrogens is 8. The zero-order valence-corrected chi connectivity index (χ0v) is 36.9. The number of rotatable bonds is 14. The van der Waals surface area contributed by atoms with Gasteiger partial charge in [0.25, 0.3) is 0 Å². The minimum atomic E-state index is -0.507. The monoisotopic (exact) mass is 890 g/mol. The molecule has 2 spiro atoms. The summed E-state index contributed by atoms with van der Waals surface area (Å²) in [5.74, 6) is 3.20. The molecule has 0 bridgehead atoms. The van der Waals surface area contributed by atoms with E-state index in [1.54, 1.807) is 35.7 Å². The summed E-state index contributed by atoms with van der Waals surface area (Å²) >= 11 is 3.37. The Labute approximate surface area is 366 Å². The Hall–Kier alpha value is -4.52. The van der Waals surface area contributed by atoms with E-state index >= 15 is 0 Å². The second-order valence-electron chi connectivity index (χ2n) is 17.3. The van der Waals surface area contributed by atoms with Crippen LogP contribution in [-0.2, 0) is 14.1 Å². The number of thioether (sulfide) groups is 2. The van der Waals surface area contributed by atoms with Crippen molar-refractivity contribution in [3.63, 3.8) is 0 Å². The maximum absolute atomic E-state index is 14.2. The highest BCUT2D eigenvalue weighted by molar-refractivity contribution is 7.99. The molecule has 2 saturated carbocycles. The van der Waals surface area contributed by atoms with Crippen LogP contribution in [0.15, 0.2) is 68.3 Å². The minimum Gasteiger partial charge on any atom is -0.440 e. The van der Waals surface area contributed by atoms with E-state index < -0.39 is 23.3 Å². The summed E-state index contributed by atoms with van der Waals surface area (Å²) < 4.78 is 69.4. The fourth-order valence-corrected chi connectivity index (χ4v) is 11.3. The van der Waals surface area contributed by atoms with Crippen molar-refractivity contribution in [2.24, 2.45) is 24.9 Å². The molecule has 2 aromatic carbocycles. The van der Waals surface area contributed by atoms with Gasteiger partial charge in [-0.05, 0) is 124 Å². The lowest BCUT2D eigenvalue weighted by atomic mass is 9.98. The van der Waals surface area contributed by atoms with Crippen LogP contribution < -0.4 is 0 Å². The predicted octanol–water partition coefficient (Wildman–Crippen LogP) is 8.84. The average Bonchev–Trinajstić information content (AvgIpc) is 3.63. The molecule has 328 valence electrons. The first kappa shape index (κ1) is 42.8. The molecule has 12 nitrogen and oxygen atoms in total. The van der Waals surface area contributed by atoms with E-state index in [4.69, 9.17) is 8.83 Å². The van der Waals surface area contributed by atoms with Crippen LogP contribution >= 0.6 is 23.5 Å². The van der Waals surface area contributed by atoms with E-state index in [0.29, 0.717) is 34.3 Å². The molecule has 0 N–H and O–H groups in total. The molecule has 2 aliphatic heterocycles. The molecule has 0 unspecified atom stereocenters. The topological polar surface area (TPSA) is 120 Å². The number of halogens is 4. The van der Waals surface area contributed by atoms with Gasteiger partial charge >= 0.3 is 0 Å². The largest absolute Gasteiger partial charge is 0.440 e. The molecule has 0 amide bonds. The van der Waals surface area contributed by atoms with Gasteiger partial charge < -0.3 is 27.8 Å². The zero-order valence-electron chi connectivity index (χ0n) is 35.3. The van der Waals surface area contributed by atoms with Gasteiger partial charge in [-0.25, -0.2) is 27.5 Å². The third kappa shape index (κ3) is 8.71. The molecule has 4 atom stereocenters. The molecule has 62 heavy (non-hydrogen) atoms. The van der Waals surface area contributed by atoms with Crippen molar-refractivity contribution in [1.29, 1.82) is 0 Å². The molecule has 4 aliphatic rings. The van der Waals surface area contributed by atoms with Gasteiger partial charge in [-0.3, -0.25) is 0 Å². The maximum Gasteiger partial charge on any atom is 0.202 e. The first-order valence-electron chi connectivity index (χ1n) is 21.1. The van der Waals surface area contributed by atoms with E-state index in [9.17, 15) is 17.6 Å². The van der Waals surface area contributed by atoms with E-state index in [1.807, 2.05) is 37.1 Å². The molecule has 6 aromatic rings. The molecule has 4 aromatic heterocycles. The summed E-state index contributed by atoms with van der Waals surface area (Å²) in [7, 11) is 3.87. The van der Waals surface area contributed by atoms with Gasteiger partial charge in [0.2, 0.25) is 11.6 Å². The smallest absolute Gasteiger partial charge is 0.202 e. The SMILES string of the molecule is Cc1ncoc1-c1nnc(SCCCN2CC[C@@]3(C[C@H]3c3ccc(F)cc3F)C2)n1C.Cc1ncoc1-c1nnc(SCCCN2CC[C@]3(C[C@@H]3c3ccc(F)cc3F)C2)n1C. The highest BCUT2D eigenvalue weighted by Gasteiger charge is 2.59. The van der Waals surface area contributed by atoms with Crippen LogP contribution in [0.5, 0.6) is 0 Å². The third-order valence-corrected chi connectivity index (χ3v) is 15.5.